The number of carbonyl (C=O) groups excluding carboxylic acids is 1. The van der Waals surface area contributed by atoms with E-state index in [2.05, 4.69) is 30.1 Å². The van der Waals surface area contributed by atoms with Crippen molar-refractivity contribution in [3.05, 3.63) is 35.9 Å². The van der Waals surface area contributed by atoms with Crippen LogP contribution in [0.4, 0.5) is 0 Å². The summed E-state index contributed by atoms with van der Waals surface area (Å²) in [5.41, 5.74) is 1.33. The number of rotatable bonds is 4. The van der Waals surface area contributed by atoms with Crippen LogP contribution in [0, 0.1) is 0 Å². The van der Waals surface area contributed by atoms with Gasteiger partial charge in [0.2, 0.25) is 5.91 Å². The molecule has 15 heavy (non-hydrogen) atoms. The Balaban J connectivity index is 1.84. The van der Waals surface area contributed by atoms with Crippen molar-refractivity contribution >= 4 is 18.5 Å². The Bertz CT molecular complexity index is 339. The summed E-state index contributed by atoms with van der Waals surface area (Å²) in [6, 6.07) is 10.7. The smallest absolute Gasteiger partial charge is 0.221 e. The van der Waals surface area contributed by atoms with Crippen molar-refractivity contribution in [3.8, 4) is 0 Å². The number of hydrogen-bond acceptors (Lipinski definition) is 2. The SMILES string of the molecule is O=C(CCS)NC1CC1c1ccccc1. The molecule has 1 saturated carbocycles. The van der Waals surface area contributed by atoms with E-state index >= 15 is 0 Å². The van der Waals surface area contributed by atoms with Crippen LogP contribution in [-0.2, 0) is 4.79 Å². The van der Waals surface area contributed by atoms with Crippen LogP contribution >= 0.6 is 12.6 Å². The zero-order chi connectivity index (χ0) is 10.7. The molecule has 2 unspecified atom stereocenters. The molecule has 1 amide bonds. The molecule has 2 atom stereocenters. The van der Waals surface area contributed by atoms with Crippen molar-refractivity contribution in [3.63, 3.8) is 0 Å². The van der Waals surface area contributed by atoms with Crippen LogP contribution in [0.1, 0.15) is 24.3 Å². The Kier molecular flexibility index (Phi) is 3.31. The fourth-order valence-electron chi connectivity index (χ4n) is 1.80. The molecule has 0 aliphatic heterocycles. The Morgan fingerprint density at radius 1 is 1.40 bits per heavy atom. The predicted molar refractivity (Wildman–Crippen MR) is 64.2 cm³/mol. The van der Waals surface area contributed by atoms with Crippen molar-refractivity contribution in [2.75, 3.05) is 5.75 Å². The zero-order valence-corrected chi connectivity index (χ0v) is 9.41. The molecule has 2 nitrogen and oxygen atoms in total. The van der Waals surface area contributed by atoms with Crippen LogP contribution in [-0.4, -0.2) is 17.7 Å². The summed E-state index contributed by atoms with van der Waals surface area (Å²) in [5, 5.41) is 3.02. The summed E-state index contributed by atoms with van der Waals surface area (Å²) in [6.45, 7) is 0. The molecule has 0 radical (unpaired) electrons. The van der Waals surface area contributed by atoms with E-state index in [0.717, 1.165) is 6.42 Å². The molecule has 1 aromatic rings. The lowest BCUT2D eigenvalue weighted by Gasteiger charge is -2.03. The van der Waals surface area contributed by atoms with E-state index in [9.17, 15) is 4.79 Å². The summed E-state index contributed by atoms with van der Waals surface area (Å²) in [7, 11) is 0. The highest BCUT2D eigenvalue weighted by Gasteiger charge is 2.38. The second kappa shape index (κ2) is 4.71. The van der Waals surface area contributed by atoms with E-state index in [0.29, 0.717) is 24.1 Å². The third-order valence-electron chi connectivity index (χ3n) is 2.70. The van der Waals surface area contributed by atoms with E-state index in [1.54, 1.807) is 0 Å². The number of carbonyl (C=O) groups is 1. The lowest BCUT2D eigenvalue weighted by atomic mass is 10.1. The van der Waals surface area contributed by atoms with E-state index in [4.69, 9.17) is 0 Å². The van der Waals surface area contributed by atoms with Crippen LogP contribution in [0.2, 0.25) is 0 Å². The Morgan fingerprint density at radius 2 is 2.13 bits per heavy atom. The largest absolute Gasteiger partial charge is 0.353 e. The highest BCUT2D eigenvalue weighted by Crippen LogP contribution is 2.40. The van der Waals surface area contributed by atoms with E-state index in [1.165, 1.54) is 5.56 Å². The van der Waals surface area contributed by atoms with E-state index in [-0.39, 0.29) is 5.91 Å². The quantitative estimate of drug-likeness (QED) is 0.748. The molecular weight excluding hydrogens is 206 g/mol. The van der Waals surface area contributed by atoms with Gasteiger partial charge in [-0.3, -0.25) is 4.79 Å². The standard InChI is InChI=1S/C12H15NOS/c14-12(6-7-15)13-11-8-10(11)9-4-2-1-3-5-9/h1-5,10-11,15H,6-8H2,(H,13,14). The Hall–Kier alpha value is -0.960. The first-order valence-corrected chi connectivity index (χ1v) is 5.89. The number of amides is 1. The average Bonchev–Trinajstić information content (AvgIpc) is 2.99. The molecule has 2 rings (SSSR count). The summed E-state index contributed by atoms with van der Waals surface area (Å²) >= 11 is 4.03. The number of thiol groups is 1. The molecule has 0 heterocycles. The van der Waals surface area contributed by atoms with Crippen molar-refractivity contribution in [2.45, 2.75) is 24.8 Å². The van der Waals surface area contributed by atoms with Gasteiger partial charge in [-0.25, -0.2) is 0 Å². The van der Waals surface area contributed by atoms with Crippen LogP contribution in [0.15, 0.2) is 30.3 Å². The molecule has 0 aromatic heterocycles. The van der Waals surface area contributed by atoms with Crippen molar-refractivity contribution < 1.29 is 4.79 Å². The second-order valence-electron chi connectivity index (χ2n) is 3.90. The maximum Gasteiger partial charge on any atom is 0.221 e. The second-order valence-corrected chi connectivity index (χ2v) is 4.35. The third kappa shape index (κ3) is 2.75. The number of nitrogens with one attached hydrogen (secondary N) is 1. The average molecular weight is 221 g/mol. The topological polar surface area (TPSA) is 29.1 Å². The Labute approximate surface area is 95.5 Å². The fraction of sp³-hybridized carbons (Fsp3) is 0.417. The van der Waals surface area contributed by atoms with Crippen molar-refractivity contribution in [1.82, 2.24) is 5.32 Å². The molecule has 0 saturated heterocycles. The highest BCUT2D eigenvalue weighted by atomic mass is 32.1. The summed E-state index contributed by atoms with van der Waals surface area (Å²) in [6.07, 6.45) is 1.59. The molecule has 0 spiro atoms. The van der Waals surface area contributed by atoms with Gasteiger partial charge in [0, 0.05) is 18.4 Å². The van der Waals surface area contributed by atoms with Crippen LogP contribution in [0.25, 0.3) is 0 Å². The van der Waals surface area contributed by atoms with Crippen LogP contribution in [0.5, 0.6) is 0 Å². The highest BCUT2D eigenvalue weighted by molar-refractivity contribution is 7.80. The van der Waals surface area contributed by atoms with Gasteiger partial charge in [-0.15, -0.1) is 0 Å². The first-order chi connectivity index (χ1) is 7.31. The lowest BCUT2D eigenvalue weighted by Crippen LogP contribution is -2.26. The van der Waals surface area contributed by atoms with E-state index in [1.807, 2.05) is 18.2 Å². The first kappa shape index (κ1) is 10.6. The molecule has 1 aliphatic rings. The van der Waals surface area contributed by atoms with Crippen molar-refractivity contribution in [2.24, 2.45) is 0 Å². The zero-order valence-electron chi connectivity index (χ0n) is 8.52. The van der Waals surface area contributed by atoms with Gasteiger partial charge < -0.3 is 5.32 Å². The minimum absolute atomic E-state index is 0.119. The van der Waals surface area contributed by atoms with Crippen LogP contribution in [0.3, 0.4) is 0 Å². The normalized spacial score (nSPS) is 23.5. The van der Waals surface area contributed by atoms with Gasteiger partial charge in [0.1, 0.15) is 0 Å². The van der Waals surface area contributed by atoms with Crippen LogP contribution < -0.4 is 5.32 Å². The first-order valence-electron chi connectivity index (χ1n) is 5.26. The summed E-state index contributed by atoms with van der Waals surface area (Å²) in [4.78, 5) is 11.3. The summed E-state index contributed by atoms with van der Waals surface area (Å²) in [5.74, 6) is 1.26. The molecule has 0 bridgehead atoms. The van der Waals surface area contributed by atoms with Gasteiger partial charge in [0.15, 0.2) is 0 Å². The van der Waals surface area contributed by atoms with Gasteiger partial charge >= 0.3 is 0 Å². The van der Waals surface area contributed by atoms with Crippen molar-refractivity contribution in [1.29, 1.82) is 0 Å². The molecule has 1 N–H and O–H groups in total. The lowest BCUT2D eigenvalue weighted by molar-refractivity contribution is -0.120. The Morgan fingerprint density at radius 3 is 2.80 bits per heavy atom. The molecule has 1 aromatic carbocycles. The van der Waals surface area contributed by atoms with Gasteiger partial charge in [0.25, 0.3) is 0 Å². The number of benzene rings is 1. The maximum absolute atomic E-state index is 11.3. The molecular formula is C12H15NOS. The van der Waals surface area contributed by atoms with Gasteiger partial charge in [0.05, 0.1) is 0 Å². The third-order valence-corrected chi connectivity index (χ3v) is 2.93. The maximum atomic E-state index is 11.3. The molecule has 80 valence electrons. The molecule has 1 fully saturated rings. The monoisotopic (exact) mass is 221 g/mol. The summed E-state index contributed by atoms with van der Waals surface area (Å²) < 4.78 is 0. The number of hydrogen-bond donors (Lipinski definition) is 2. The van der Waals surface area contributed by atoms with Gasteiger partial charge in [-0.05, 0) is 17.7 Å². The molecule has 1 aliphatic carbocycles. The fourth-order valence-corrected chi connectivity index (χ4v) is 2.01. The predicted octanol–water partition coefficient (Wildman–Crippen LogP) is 1.98. The molecule has 3 heteroatoms. The van der Waals surface area contributed by atoms with Gasteiger partial charge in [-0.1, -0.05) is 30.3 Å². The minimum atomic E-state index is 0.119. The van der Waals surface area contributed by atoms with E-state index < -0.39 is 0 Å². The van der Waals surface area contributed by atoms with Gasteiger partial charge in [-0.2, -0.15) is 12.6 Å². The minimum Gasteiger partial charge on any atom is -0.353 e.